The molecule has 0 saturated carbocycles. The molecule has 0 radical (unpaired) electrons. The largest absolute Gasteiger partial charge is 0.324 e. The fourth-order valence-electron chi connectivity index (χ4n) is 1.47. The first-order chi connectivity index (χ1) is 7.00. The molecule has 1 rings (SSSR count). The Kier molecular flexibility index (Phi) is 7.41. The second-order valence-corrected chi connectivity index (χ2v) is 5.09. The van der Waals surface area contributed by atoms with Crippen LogP contribution in [0.25, 0.3) is 0 Å². The highest BCUT2D eigenvalue weighted by Gasteiger charge is 2.11. The van der Waals surface area contributed by atoms with Crippen molar-refractivity contribution in [2.75, 3.05) is 0 Å². The van der Waals surface area contributed by atoms with Crippen LogP contribution in [0.3, 0.4) is 0 Å². The monoisotopic (exact) mass is 281 g/mol. The van der Waals surface area contributed by atoms with Gasteiger partial charge in [0.15, 0.2) is 0 Å². The van der Waals surface area contributed by atoms with Crippen LogP contribution in [-0.4, -0.2) is 0 Å². The molecule has 0 fully saturated rings. The minimum absolute atomic E-state index is 0. The van der Waals surface area contributed by atoms with E-state index in [-0.39, 0.29) is 18.4 Å². The summed E-state index contributed by atoms with van der Waals surface area (Å²) >= 11 is 12.0. The second-order valence-electron chi connectivity index (χ2n) is 4.24. The lowest BCUT2D eigenvalue weighted by molar-refractivity contribution is 0.507. The Labute approximate surface area is 114 Å². The Bertz CT molecular complexity index is 326. The molecule has 0 aliphatic heterocycles. The summed E-state index contributed by atoms with van der Waals surface area (Å²) in [7, 11) is 0. The molecule has 0 amide bonds. The Morgan fingerprint density at radius 2 is 1.81 bits per heavy atom. The summed E-state index contributed by atoms with van der Waals surface area (Å²) in [4.78, 5) is 0. The molecule has 1 nitrogen and oxygen atoms in total. The Morgan fingerprint density at radius 1 is 1.19 bits per heavy atom. The first kappa shape index (κ1) is 16.1. The van der Waals surface area contributed by atoms with Crippen LogP contribution < -0.4 is 5.73 Å². The predicted molar refractivity (Wildman–Crippen MR) is 74.7 cm³/mol. The maximum absolute atomic E-state index is 6.07. The van der Waals surface area contributed by atoms with Gasteiger partial charge in [0, 0.05) is 16.1 Å². The Balaban J connectivity index is 0.00000225. The van der Waals surface area contributed by atoms with Crippen LogP contribution in [0.1, 0.15) is 38.3 Å². The van der Waals surface area contributed by atoms with E-state index in [1.54, 1.807) is 12.1 Å². The minimum atomic E-state index is -0.0152. The fourth-order valence-corrected chi connectivity index (χ4v) is 1.91. The van der Waals surface area contributed by atoms with Gasteiger partial charge in [0.05, 0.1) is 0 Å². The van der Waals surface area contributed by atoms with Crippen molar-refractivity contribution in [2.45, 2.75) is 32.7 Å². The molecule has 0 heterocycles. The van der Waals surface area contributed by atoms with Gasteiger partial charge in [-0.2, -0.15) is 0 Å². The van der Waals surface area contributed by atoms with Crippen molar-refractivity contribution in [3.63, 3.8) is 0 Å². The lowest BCUT2D eigenvalue weighted by Crippen LogP contribution is -2.11. The number of benzene rings is 1. The summed E-state index contributed by atoms with van der Waals surface area (Å²) in [5.41, 5.74) is 7.02. The van der Waals surface area contributed by atoms with Gasteiger partial charge in [-0.05, 0) is 42.5 Å². The number of halogens is 3. The molecular weight excluding hydrogens is 264 g/mol. The zero-order valence-electron chi connectivity index (χ0n) is 9.54. The summed E-state index contributed by atoms with van der Waals surface area (Å²) in [5, 5.41) is 1.39. The first-order valence-corrected chi connectivity index (χ1v) is 5.97. The molecule has 0 unspecified atom stereocenters. The molecular formula is C12H18Cl3N. The molecule has 2 N–H and O–H groups in total. The van der Waals surface area contributed by atoms with Gasteiger partial charge in [0.25, 0.3) is 0 Å². The smallest absolute Gasteiger partial charge is 0.0454 e. The molecule has 0 aliphatic carbocycles. The molecule has 0 bridgehead atoms. The van der Waals surface area contributed by atoms with Gasteiger partial charge in [0.1, 0.15) is 0 Å². The highest BCUT2D eigenvalue weighted by Crippen LogP contribution is 2.28. The number of nitrogens with two attached hydrogens (primary N) is 1. The van der Waals surface area contributed by atoms with E-state index in [4.69, 9.17) is 28.9 Å². The van der Waals surface area contributed by atoms with Crippen molar-refractivity contribution in [2.24, 2.45) is 11.7 Å². The molecule has 0 saturated heterocycles. The summed E-state index contributed by atoms with van der Waals surface area (Å²) < 4.78 is 0. The molecule has 0 aliphatic rings. The van der Waals surface area contributed by atoms with E-state index in [2.05, 4.69) is 13.8 Å². The maximum Gasteiger partial charge on any atom is 0.0454 e. The van der Waals surface area contributed by atoms with E-state index in [0.29, 0.717) is 16.0 Å². The van der Waals surface area contributed by atoms with Gasteiger partial charge in [-0.3, -0.25) is 0 Å². The molecule has 92 valence electrons. The van der Waals surface area contributed by atoms with E-state index in [1.165, 1.54) is 0 Å². The van der Waals surface area contributed by atoms with Gasteiger partial charge in [-0.15, -0.1) is 12.4 Å². The number of hydrogen-bond donors (Lipinski definition) is 1. The third-order valence-corrected chi connectivity index (χ3v) is 2.99. The van der Waals surface area contributed by atoms with Crippen LogP contribution in [-0.2, 0) is 0 Å². The zero-order valence-corrected chi connectivity index (χ0v) is 11.9. The van der Waals surface area contributed by atoms with Gasteiger partial charge in [0.2, 0.25) is 0 Å². The van der Waals surface area contributed by atoms with Crippen LogP contribution in [0.15, 0.2) is 18.2 Å². The average Bonchev–Trinajstić information content (AvgIpc) is 2.18. The second kappa shape index (κ2) is 7.39. The number of rotatable bonds is 4. The maximum atomic E-state index is 6.07. The molecule has 0 spiro atoms. The van der Waals surface area contributed by atoms with E-state index in [9.17, 15) is 0 Å². The van der Waals surface area contributed by atoms with Crippen LogP contribution >= 0.6 is 35.6 Å². The molecule has 4 heteroatoms. The van der Waals surface area contributed by atoms with Crippen molar-refractivity contribution < 1.29 is 0 Å². The highest BCUT2D eigenvalue weighted by atomic mass is 35.5. The lowest BCUT2D eigenvalue weighted by Gasteiger charge is -2.15. The van der Waals surface area contributed by atoms with Gasteiger partial charge >= 0.3 is 0 Å². The molecule has 16 heavy (non-hydrogen) atoms. The summed E-state index contributed by atoms with van der Waals surface area (Å²) in [6.45, 7) is 4.37. The van der Waals surface area contributed by atoms with Crippen molar-refractivity contribution in [3.05, 3.63) is 33.8 Å². The normalized spacial score (nSPS) is 12.4. The molecule has 1 atom stereocenters. The Hall–Kier alpha value is 0.0500. The van der Waals surface area contributed by atoms with Gasteiger partial charge in [-0.25, -0.2) is 0 Å². The highest BCUT2D eigenvalue weighted by molar-refractivity contribution is 6.33. The van der Waals surface area contributed by atoms with Crippen molar-refractivity contribution in [3.8, 4) is 0 Å². The van der Waals surface area contributed by atoms with E-state index >= 15 is 0 Å². The molecule has 0 aromatic heterocycles. The Morgan fingerprint density at radius 3 is 2.38 bits per heavy atom. The standard InChI is InChI=1S/C12H17Cl2N.ClH/c1-8(2)3-6-12(15)10-7-9(13)4-5-11(10)14;/h4-5,7-8,12H,3,6,15H2,1-2H3;1H/t12-;/m1./s1. The number of hydrogen-bond acceptors (Lipinski definition) is 1. The average molecular weight is 283 g/mol. The third kappa shape index (κ3) is 4.92. The lowest BCUT2D eigenvalue weighted by atomic mass is 9.98. The van der Waals surface area contributed by atoms with Crippen LogP contribution in [0.4, 0.5) is 0 Å². The zero-order chi connectivity index (χ0) is 11.4. The van der Waals surface area contributed by atoms with Crippen LogP contribution in [0, 0.1) is 5.92 Å². The van der Waals surface area contributed by atoms with E-state index in [1.807, 2.05) is 6.07 Å². The third-order valence-electron chi connectivity index (χ3n) is 2.41. The SMILES string of the molecule is CC(C)CC[C@@H](N)c1cc(Cl)ccc1Cl.Cl. The molecule has 1 aromatic rings. The summed E-state index contributed by atoms with van der Waals surface area (Å²) in [6.07, 6.45) is 2.04. The van der Waals surface area contributed by atoms with Crippen molar-refractivity contribution in [1.82, 2.24) is 0 Å². The van der Waals surface area contributed by atoms with Crippen LogP contribution in [0.5, 0.6) is 0 Å². The quantitative estimate of drug-likeness (QED) is 0.839. The first-order valence-electron chi connectivity index (χ1n) is 5.21. The predicted octanol–water partition coefficient (Wildman–Crippen LogP) is 4.85. The van der Waals surface area contributed by atoms with Crippen molar-refractivity contribution >= 4 is 35.6 Å². The van der Waals surface area contributed by atoms with Gasteiger partial charge < -0.3 is 5.73 Å². The topological polar surface area (TPSA) is 26.0 Å². The minimum Gasteiger partial charge on any atom is -0.324 e. The summed E-state index contributed by atoms with van der Waals surface area (Å²) in [6, 6.07) is 5.42. The summed E-state index contributed by atoms with van der Waals surface area (Å²) in [5.74, 6) is 0.661. The van der Waals surface area contributed by atoms with E-state index < -0.39 is 0 Å². The van der Waals surface area contributed by atoms with Crippen molar-refractivity contribution in [1.29, 1.82) is 0 Å². The molecule has 1 aromatic carbocycles. The van der Waals surface area contributed by atoms with E-state index in [0.717, 1.165) is 18.4 Å². The van der Waals surface area contributed by atoms with Crippen LogP contribution in [0.2, 0.25) is 10.0 Å². The van der Waals surface area contributed by atoms with Gasteiger partial charge in [-0.1, -0.05) is 37.0 Å². The fraction of sp³-hybridized carbons (Fsp3) is 0.500.